The number of ketones is 1. The monoisotopic (exact) mass is 204 g/mol. The van der Waals surface area contributed by atoms with E-state index in [1.165, 1.54) is 0 Å². The molecule has 2 atom stereocenters. The van der Waals surface area contributed by atoms with Crippen LogP contribution in [0.25, 0.3) is 0 Å². The van der Waals surface area contributed by atoms with Crippen molar-refractivity contribution in [2.24, 2.45) is 0 Å². The van der Waals surface area contributed by atoms with Crippen LogP contribution in [0.1, 0.15) is 36.5 Å². The van der Waals surface area contributed by atoms with Crippen molar-refractivity contribution in [2.75, 3.05) is 0 Å². The molecule has 80 valence electrons. The standard InChI is InChI=1S/C13H16O2/c1-2-3-9-11-13(15-11)12(14)10-7-5-4-6-8-10/h4-8,11,13H,2-3,9H2,1H3/t11-,13-/m1/s1. The molecule has 1 saturated heterocycles. The lowest BCUT2D eigenvalue weighted by Crippen LogP contribution is -2.10. The van der Waals surface area contributed by atoms with Gasteiger partial charge in [-0.25, -0.2) is 0 Å². The van der Waals surface area contributed by atoms with Crippen LogP contribution in [0.3, 0.4) is 0 Å². The van der Waals surface area contributed by atoms with E-state index in [1.54, 1.807) is 0 Å². The van der Waals surface area contributed by atoms with Gasteiger partial charge in [-0.05, 0) is 6.42 Å². The van der Waals surface area contributed by atoms with Crippen molar-refractivity contribution in [3.8, 4) is 0 Å². The molecule has 0 aliphatic carbocycles. The number of epoxide rings is 1. The molecule has 2 heteroatoms. The first-order valence-electron chi connectivity index (χ1n) is 5.57. The summed E-state index contributed by atoms with van der Waals surface area (Å²) in [5.41, 5.74) is 0.765. The minimum atomic E-state index is -0.168. The molecule has 0 saturated carbocycles. The fourth-order valence-corrected chi connectivity index (χ4v) is 1.76. The fraction of sp³-hybridized carbons (Fsp3) is 0.462. The second kappa shape index (κ2) is 4.58. The van der Waals surface area contributed by atoms with E-state index in [1.807, 2.05) is 30.3 Å². The summed E-state index contributed by atoms with van der Waals surface area (Å²) < 4.78 is 5.39. The molecule has 1 aromatic carbocycles. The third kappa shape index (κ3) is 2.45. The van der Waals surface area contributed by atoms with E-state index in [0.717, 1.165) is 24.8 Å². The number of ether oxygens (including phenoxy) is 1. The SMILES string of the molecule is CCCC[C@H]1O[C@H]1C(=O)c1ccccc1. The molecule has 0 bridgehead atoms. The topological polar surface area (TPSA) is 29.6 Å². The lowest BCUT2D eigenvalue weighted by atomic mass is 10.0. The van der Waals surface area contributed by atoms with Crippen LogP contribution in [-0.4, -0.2) is 18.0 Å². The van der Waals surface area contributed by atoms with Crippen LogP contribution in [0, 0.1) is 0 Å². The summed E-state index contributed by atoms with van der Waals surface area (Å²) in [6, 6.07) is 9.38. The van der Waals surface area contributed by atoms with Crippen molar-refractivity contribution in [1.29, 1.82) is 0 Å². The average Bonchev–Trinajstić information content (AvgIpc) is 3.06. The number of carbonyl (C=O) groups excluding carboxylic acids is 1. The van der Waals surface area contributed by atoms with E-state index < -0.39 is 0 Å². The molecule has 2 nitrogen and oxygen atoms in total. The van der Waals surface area contributed by atoms with Crippen molar-refractivity contribution in [1.82, 2.24) is 0 Å². The van der Waals surface area contributed by atoms with E-state index in [4.69, 9.17) is 4.74 Å². The zero-order chi connectivity index (χ0) is 10.7. The fourth-order valence-electron chi connectivity index (χ4n) is 1.76. The van der Waals surface area contributed by atoms with Crippen LogP contribution >= 0.6 is 0 Å². The van der Waals surface area contributed by atoms with Gasteiger partial charge >= 0.3 is 0 Å². The maximum Gasteiger partial charge on any atom is 0.194 e. The van der Waals surface area contributed by atoms with Gasteiger partial charge in [0.1, 0.15) is 6.10 Å². The van der Waals surface area contributed by atoms with Crippen molar-refractivity contribution >= 4 is 5.78 Å². The van der Waals surface area contributed by atoms with Crippen LogP contribution in [0.5, 0.6) is 0 Å². The molecule has 2 rings (SSSR count). The molecule has 1 aliphatic heterocycles. The second-order valence-corrected chi connectivity index (χ2v) is 3.97. The molecule has 1 heterocycles. The van der Waals surface area contributed by atoms with Gasteiger partial charge in [-0.15, -0.1) is 0 Å². The van der Waals surface area contributed by atoms with E-state index >= 15 is 0 Å². The number of Topliss-reactive ketones (excluding diaryl/α,β-unsaturated/α-hetero) is 1. The van der Waals surface area contributed by atoms with Gasteiger partial charge in [0, 0.05) is 5.56 Å². The molecule has 0 aromatic heterocycles. The summed E-state index contributed by atoms with van der Waals surface area (Å²) in [5.74, 6) is 0.136. The van der Waals surface area contributed by atoms with E-state index in [9.17, 15) is 4.79 Å². The molecule has 0 radical (unpaired) electrons. The first-order chi connectivity index (χ1) is 7.33. The normalized spacial score (nSPS) is 23.8. The maximum atomic E-state index is 11.9. The van der Waals surface area contributed by atoms with Gasteiger partial charge in [0.15, 0.2) is 5.78 Å². The van der Waals surface area contributed by atoms with Gasteiger partial charge < -0.3 is 4.74 Å². The number of carbonyl (C=O) groups is 1. The van der Waals surface area contributed by atoms with Gasteiger partial charge in [0.2, 0.25) is 0 Å². The highest BCUT2D eigenvalue weighted by atomic mass is 16.6. The number of rotatable bonds is 5. The highest BCUT2D eigenvalue weighted by Gasteiger charge is 2.44. The van der Waals surface area contributed by atoms with Crippen molar-refractivity contribution in [2.45, 2.75) is 38.4 Å². The van der Waals surface area contributed by atoms with Crippen molar-refractivity contribution in [3.63, 3.8) is 0 Å². The quantitative estimate of drug-likeness (QED) is 0.545. The Labute approximate surface area is 90.3 Å². The lowest BCUT2D eigenvalue weighted by molar-refractivity contribution is 0.0953. The Balaban J connectivity index is 1.89. The maximum absolute atomic E-state index is 11.9. The molecule has 1 aliphatic rings. The van der Waals surface area contributed by atoms with Crippen LogP contribution in [0.2, 0.25) is 0 Å². The predicted octanol–water partition coefficient (Wildman–Crippen LogP) is 2.83. The molecule has 0 amide bonds. The smallest absolute Gasteiger partial charge is 0.194 e. The van der Waals surface area contributed by atoms with Gasteiger partial charge in [-0.2, -0.15) is 0 Å². The van der Waals surface area contributed by atoms with Crippen LogP contribution in [0.15, 0.2) is 30.3 Å². The van der Waals surface area contributed by atoms with Crippen molar-refractivity contribution < 1.29 is 9.53 Å². The first kappa shape index (κ1) is 10.4. The number of hydrogen-bond acceptors (Lipinski definition) is 2. The number of unbranched alkanes of at least 4 members (excludes halogenated alkanes) is 1. The molecular weight excluding hydrogens is 188 g/mol. The van der Waals surface area contributed by atoms with Crippen LogP contribution < -0.4 is 0 Å². The molecule has 0 spiro atoms. The third-order valence-corrected chi connectivity index (χ3v) is 2.74. The van der Waals surface area contributed by atoms with Crippen LogP contribution in [0.4, 0.5) is 0 Å². The third-order valence-electron chi connectivity index (χ3n) is 2.74. The van der Waals surface area contributed by atoms with E-state index in [0.29, 0.717) is 0 Å². The van der Waals surface area contributed by atoms with Gasteiger partial charge in [0.05, 0.1) is 6.10 Å². The highest BCUT2D eigenvalue weighted by molar-refractivity contribution is 6.01. The Morgan fingerprint density at radius 3 is 2.73 bits per heavy atom. The summed E-state index contributed by atoms with van der Waals surface area (Å²) in [5, 5.41) is 0. The Morgan fingerprint density at radius 1 is 1.33 bits per heavy atom. The van der Waals surface area contributed by atoms with Crippen LogP contribution in [-0.2, 0) is 4.74 Å². The largest absolute Gasteiger partial charge is 0.361 e. The number of hydrogen-bond donors (Lipinski definition) is 0. The minimum absolute atomic E-state index is 0.136. The van der Waals surface area contributed by atoms with E-state index in [2.05, 4.69) is 6.92 Å². The zero-order valence-electron chi connectivity index (χ0n) is 8.98. The Kier molecular flexibility index (Phi) is 3.17. The molecule has 0 N–H and O–H groups in total. The minimum Gasteiger partial charge on any atom is -0.361 e. The summed E-state index contributed by atoms with van der Waals surface area (Å²) in [7, 11) is 0. The summed E-state index contributed by atoms with van der Waals surface area (Å²) in [6.45, 7) is 2.15. The molecule has 0 unspecified atom stereocenters. The first-order valence-corrected chi connectivity index (χ1v) is 5.57. The molecule has 15 heavy (non-hydrogen) atoms. The second-order valence-electron chi connectivity index (χ2n) is 3.97. The van der Waals surface area contributed by atoms with E-state index in [-0.39, 0.29) is 18.0 Å². The summed E-state index contributed by atoms with van der Waals surface area (Å²) in [4.78, 5) is 11.9. The Bertz CT molecular complexity index is 332. The Morgan fingerprint density at radius 2 is 2.07 bits per heavy atom. The molecule has 1 aromatic rings. The van der Waals surface area contributed by atoms with Gasteiger partial charge in [-0.1, -0.05) is 50.1 Å². The summed E-state index contributed by atoms with van der Waals surface area (Å²) >= 11 is 0. The molecule has 1 fully saturated rings. The average molecular weight is 204 g/mol. The zero-order valence-corrected chi connectivity index (χ0v) is 8.98. The van der Waals surface area contributed by atoms with Crippen molar-refractivity contribution in [3.05, 3.63) is 35.9 Å². The predicted molar refractivity (Wildman–Crippen MR) is 59.0 cm³/mol. The summed E-state index contributed by atoms with van der Waals surface area (Å²) in [6.07, 6.45) is 3.33. The van der Waals surface area contributed by atoms with Gasteiger partial charge in [-0.3, -0.25) is 4.79 Å². The highest BCUT2D eigenvalue weighted by Crippen LogP contribution is 2.30. The number of benzene rings is 1. The molecular formula is C13H16O2. The van der Waals surface area contributed by atoms with Gasteiger partial charge in [0.25, 0.3) is 0 Å². The lowest BCUT2D eigenvalue weighted by Gasteiger charge is -1.96. The Hall–Kier alpha value is -1.15.